The van der Waals surface area contributed by atoms with Crippen LogP contribution in [0.3, 0.4) is 0 Å². The van der Waals surface area contributed by atoms with Gasteiger partial charge in [0.2, 0.25) is 6.79 Å². The second-order valence-corrected chi connectivity index (χ2v) is 6.53. The zero-order valence-corrected chi connectivity index (χ0v) is 14.8. The molecule has 0 bridgehead atoms. The summed E-state index contributed by atoms with van der Waals surface area (Å²) < 4.78 is 10.7. The molecule has 0 amide bonds. The summed E-state index contributed by atoms with van der Waals surface area (Å²) in [5.41, 5.74) is 2.33. The highest BCUT2D eigenvalue weighted by Crippen LogP contribution is 2.32. The van der Waals surface area contributed by atoms with Crippen molar-refractivity contribution in [2.24, 2.45) is 4.99 Å². The molecule has 0 unspecified atom stereocenters. The van der Waals surface area contributed by atoms with Gasteiger partial charge in [0.05, 0.1) is 10.7 Å². The normalized spacial score (nSPS) is 13.2. The molecule has 128 valence electrons. The number of aromatic nitrogens is 1. The van der Waals surface area contributed by atoms with Gasteiger partial charge < -0.3 is 20.1 Å². The van der Waals surface area contributed by atoms with Crippen LogP contribution < -0.4 is 20.1 Å². The highest BCUT2D eigenvalue weighted by molar-refractivity contribution is 7.09. The molecule has 1 aliphatic heterocycles. The third kappa shape index (κ3) is 4.38. The van der Waals surface area contributed by atoms with Crippen molar-refractivity contribution in [2.75, 3.05) is 26.9 Å². The molecule has 0 saturated heterocycles. The Hall–Kier alpha value is -2.28. The second kappa shape index (κ2) is 8.01. The first-order valence-corrected chi connectivity index (χ1v) is 8.86. The molecule has 3 rings (SSSR count). The molecule has 2 aromatic rings. The first-order chi connectivity index (χ1) is 11.7. The number of aliphatic imine (C=N–C) groups is 1. The predicted octanol–water partition coefficient (Wildman–Crippen LogP) is 2.13. The van der Waals surface area contributed by atoms with Crippen molar-refractivity contribution in [3.8, 4) is 11.5 Å². The fourth-order valence-corrected chi connectivity index (χ4v) is 3.12. The van der Waals surface area contributed by atoms with E-state index >= 15 is 0 Å². The van der Waals surface area contributed by atoms with Gasteiger partial charge in [0.15, 0.2) is 17.5 Å². The molecule has 0 fully saturated rings. The van der Waals surface area contributed by atoms with E-state index in [9.17, 15) is 0 Å². The number of hydrogen-bond acceptors (Lipinski definition) is 5. The Kier molecular flexibility index (Phi) is 5.53. The van der Waals surface area contributed by atoms with E-state index < -0.39 is 0 Å². The van der Waals surface area contributed by atoms with Crippen LogP contribution in [0.1, 0.15) is 16.3 Å². The highest BCUT2D eigenvalue weighted by Gasteiger charge is 2.12. The Morgan fingerprint density at radius 3 is 2.75 bits per heavy atom. The van der Waals surface area contributed by atoms with Crippen molar-refractivity contribution in [1.82, 2.24) is 15.6 Å². The zero-order chi connectivity index (χ0) is 16.8. The van der Waals surface area contributed by atoms with Gasteiger partial charge >= 0.3 is 0 Å². The van der Waals surface area contributed by atoms with Crippen LogP contribution in [0.5, 0.6) is 11.5 Å². The Morgan fingerprint density at radius 1 is 1.21 bits per heavy atom. The molecule has 24 heavy (non-hydrogen) atoms. The molecule has 0 aliphatic carbocycles. The first-order valence-electron chi connectivity index (χ1n) is 7.98. The highest BCUT2D eigenvalue weighted by atomic mass is 32.1. The molecule has 0 radical (unpaired) electrons. The van der Waals surface area contributed by atoms with Crippen molar-refractivity contribution in [2.45, 2.75) is 19.8 Å². The maximum Gasteiger partial charge on any atom is 0.231 e. The number of nitrogens with one attached hydrogen (secondary N) is 2. The molecule has 1 aromatic heterocycles. The molecule has 1 aromatic carbocycles. The summed E-state index contributed by atoms with van der Waals surface area (Å²) in [5.74, 6) is 2.46. The van der Waals surface area contributed by atoms with E-state index in [2.05, 4.69) is 32.1 Å². The topological polar surface area (TPSA) is 67.8 Å². The smallest absolute Gasteiger partial charge is 0.231 e. The molecule has 1 aliphatic rings. The molecule has 2 heterocycles. The number of guanidine groups is 1. The van der Waals surface area contributed by atoms with Crippen molar-refractivity contribution in [3.05, 3.63) is 39.8 Å². The number of benzene rings is 1. The maximum atomic E-state index is 5.40. The summed E-state index contributed by atoms with van der Waals surface area (Å²) in [7, 11) is 1.78. The molecular weight excluding hydrogens is 324 g/mol. The first kappa shape index (κ1) is 16.6. The standard InChI is InChI=1S/C17H22N4O2S/c1-12-21-14(10-24-12)6-8-20-17(18-2)19-7-5-13-3-4-15-16(9-13)23-11-22-15/h3-4,9-10H,5-8,11H2,1-2H3,(H2,18,19,20). The quantitative estimate of drug-likeness (QED) is 0.619. The van der Waals surface area contributed by atoms with E-state index in [0.29, 0.717) is 6.79 Å². The van der Waals surface area contributed by atoms with Crippen LogP contribution in [-0.2, 0) is 12.8 Å². The minimum atomic E-state index is 0.312. The van der Waals surface area contributed by atoms with Crippen LogP contribution >= 0.6 is 11.3 Å². The van der Waals surface area contributed by atoms with Gasteiger partial charge in [-0.05, 0) is 31.0 Å². The lowest BCUT2D eigenvalue weighted by atomic mass is 10.1. The van der Waals surface area contributed by atoms with E-state index in [1.54, 1.807) is 18.4 Å². The second-order valence-electron chi connectivity index (χ2n) is 5.47. The lowest BCUT2D eigenvalue weighted by Gasteiger charge is -2.11. The molecule has 0 atom stereocenters. The average molecular weight is 346 g/mol. The number of rotatable bonds is 6. The molecule has 2 N–H and O–H groups in total. The van der Waals surface area contributed by atoms with Gasteiger partial charge in [-0.2, -0.15) is 0 Å². The van der Waals surface area contributed by atoms with E-state index in [4.69, 9.17) is 9.47 Å². The fraction of sp³-hybridized carbons (Fsp3) is 0.412. The summed E-state index contributed by atoms with van der Waals surface area (Å²) in [6.45, 7) is 3.95. The zero-order valence-electron chi connectivity index (χ0n) is 14.0. The Morgan fingerprint density at radius 2 is 2.00 bits per heavy atom. The molecule has 7 heteroatoms. The fourth-order valence-electron chi connectivity index (χ4n) is 2.47. The summed E-state index contributed by atoms with van der Waals surface area (Å²) >= 11 is 1.68. The molecule has 6 nitrogen and oxygen atoms in total. The van der Waals surface area contributed by atoms with Crippen LogP contribution in [0, 0.1) is 6.92 Å². The van der Waals surface area contributed by atoms with Gasteiger partial charge in [0.1, 0.15) is 0 Å². The van der Waals surface area contributed by atoms with Crippen molar-refractivity contribution in [3.63, 3.8) is 0 Å². The van der Waals surface area contributed by atoms with Gasteiger partial charge in [-0.3, -0.25) is 4.99 Å². The Labute approximate surface area is 145 Å². The summed E-state index contributed by atoms with van der Waals surface area (Å²) in [6, 6.07) is 6.06. The van der Waals surface area contributed by atoms with Crippen LogP contribution in [-0.4, -0.2) is 37.9 Å². The van der Waals surface area contributed by atoms with Crippen LogP contribution in [0.15, 0.2) is 28.6 Å². The summed E-state index contributed by atoms with van der Waals surface area (Å²) in [4.78, 5) is 8.71. The molecule has 0 spiro atoms. The molecular formula is C17H22N4O2S. The Balaban J connectivity index is 1.39. The lowest BCUT2D eigenvalue weighted by Crippen LogP contribution is -2.39. The summed E-state index contributed by atoms with van der Waals surface area (Å²) in [5, 5.41) is 9.85. The SMILES string of the molecule is CN=C(NCCc1ccc2c(c1)OCO2)NCCc1csc(C)n1. The minimum absolute atomic E-state index is 0.312. The van der Waals surface area contributed by atoms with E-state index in [-0.39, 0.29) is 0 Å². The van der Waals surface area contributed by atoms with Crippen molar-refractivity contribution in [1.29, 1.82) is 0 Å². The number of aryl methyl sites for hydroxylation is 1. The van der Waals surface area contributed by atoms with Crippen molar-refractivity contribution < 1.29 is 9.47 Å². The lowest BCUT2D eigenvalue weighted by molar-refractivity contribution is 0.174. The summed E-state index contributed by atoms with van der Waals surface area (Å²) in [6.07, 6.45) is 1.79. The molecule has 0 saturated carbocycles. The van der Waals surface area contributed by atoms with E-state index in [1.165, 1.54) is 5.56 Å². The van der Waals surface area contributed by atoms with E-state index in [1.807, 2.05) is 19.1 Å². The van der Waals surface area contributed by atoms with Gasteiger partial charge in [0.25, 0.3) is 0 Å². The van der Waals surface area contributed by atoms with Gasteiger partial charge in [-0.15, -0.1) is 11.3 Å². The van der Waals surface area contributed by atoms with Crippen LogP contribution in [0.4, 0.5) is 0 Å². The third-order valence-corrected chi connectivity index (χ3v) is 4.53. The number of thiazole rings is 1. The van der Waals surface area contributed by atoms with Gasteiger partial charge in [0, 0.05) is 31.9 Å². The number of fused-ring (bicyclic) bond motifs is 1. The minimum Gasteiger partial charge on any atom is -0.454 e. The average Bonchev–Trinajstić information content (AvgIpc) is 3.21. The monoisotopic (exact) mass is 346 g/mol. The van der Waals surface area contributed by atoms with Crippen LogP contribution in [0.25, 0.3) is 0 Å². The largest absolute Gasteiger partial charge is 0.454 e. The van der Waals surface area contributed by atoms with Gasteiger partial charge in [-0.25, -0.2) is 4.98 Å². The van der Waals surface area contributed by atoms with E-state index in [0.717, 1.165) is 54.1 Å². The van der Waals surface area contributed by atoms with Gasteiger partial charge in [-0.1, -0.05) is 6.07 Å². The predicted molar refractivity (Wildman–Crippen MR) is 96.2 cm³/mol. The van der Waals surface area contributed by atoms with Crippen LogP contribution in [0.2, 0.25) is 0 Å². The number of ether oxygens (including phenoxy) is 2. The maximum absolute atomic E-state index is 5.40. The van der Waals surface area contributed by atoms with Crippen molar-refractivity contribution >= 4 is 17.3 Å². The third-order valence-electron chi connectivity index (χ3n) is 3.71. The number of hydrogen-bond donors (Lipinski definition) is 2. The Bertz CT molecular complexity index is 714. The number of nitrogens with zero attached hydrogens (tertiary/aromatic N) is 2.